The van der Waals surface area contributed by atoms with Crippen molar-refractivity contribution < 1.29 is 14.5 Å². The smallest absolute Gasteiger partial charge is 0.358 e. The van der Waals surface area contributed by atoms with E-state index in [0.29, 0.717) is 11.5 Å². The monoisotopic (exact) mass is 323 g/mol. The van der Waals surface area contributed by atoms with Crippen molar-refractivity contribution in [3.63, 3.8) is 0 Å². The number of hydrogen-bond donors (Lipinski definition) is 0. The molecule has 0 saturated heterocycles. The zero-order chi connectivity index (χ0) is 17.1. The van der Waals surface area contributed by atoms with Gasteiger partial charge in [0.1, 0.15) is 5.82 Å². The van der Waals surface area contributed by atoms with Gasteiger partial charge in [0.15, 0.2) is 5.69 Å². The van der Waals surface area contributed by atoms with Crippen LogP contribution >= 0.6 is 0 Å². The molecule has 0 N–H and O–H groups in total. The molecule has 0 amide bonds. The second kappa shape index (κ2) is 6.33. The molecular formula is C17H13N3O4. The second-order valence-corrected chi connectivity index (χ2v) is 4.95. The average Bonchev–Trinajstić information content (AvgIpc) is 3.07. The maximum absolute atomic E-state index is 11.8. The highest BCUT2D eigenvalue weighted by molar-refractivity contribution is 5.88. The van der Waals surface area contributed by atoms with Crippen molar-refractivity contribution in [1.29, 1.82) is 0 Å². The van der Waals surface area contributed by atoms with Gasteiger partial charge < -0.3 is 4.74 Å². The highest BCUT2D eigenvalue weighted by atomic mass is 16.6. The number of carbonyl (C=O) groups is 1. The summed E-state index contributed by atoms with van der Waals surface area (Å²) in [5.74, 6) is -0.00213. The third-order valence-corrected chi connectivity index (χ3v) is 3.47. The quantitative estimate of drug-likeness (QED) is 0.418. The van der Waals surface area contributed by atoms with Crippen molar-refractivity contribution in [3.05, 3.63) is 76.6 Å². The fourth-order valence-corrected chi connectivity index (χ4v) is 2.31. The molecule has 1 aromatic heterocycles. The van der Waals surface area contributed by atoms with E-state index in [1.807, 2.05) is 30.3 Å². The van der Waals surface area contributed by atoms with E-state index in [-0.39, 0.29) is 11.4 Å². The lowest BCUT2D eigenvalue weighted by molar-refractivity contribution is -0.384. The van der Waals surface area contributed by atoms with Crippen molar-refractivity contribution in [2.24, 2.45) is 0 Å². The summed E-state index contributed by atoms with van der Waals surface area (Å²) in [5, 5.41) is 10.8. The van der Waals surface area contributed by atoms with E-state index in [0.717, 1.165) is 5.56 Å². The van der Waals surface area contributed by atoms with Crippen molar-refractivity contribution >= 4 is 11.7 Å². The van der Waals surface area contributed by atoms with Gasteiger partial charge >= 0.3 is 5.97 Å². The summed E-state index contributed by atoms with van der Waals surface area (Å²) >= 11 is 0. The molecule has 0 aliphatic rings. The molecule has 0 spiro atoms. The summed E-state index contributed by atoms with van der Waals surface area (Å²) in [6.45, 7) is 0. The number of esters is 1. The lowest BCUT2D eigenvalue weighted by atomic mass is 10.2. The topological polar surface area (TPSA) is 87.3 Å². The van der Waals surface area contributed by atoms with E-state index >= 15 is 0 Å². The summed E-state index contributed by atoms with van der Waals surface area (Å²) in [5.41, 5.74) is 1.62. The Morgan fingerprint density at radius 1 is 1.12 bits per heavy atom. The van der Waals surface area contributed by atoms with Gasteiger partial charge in [0.05, 0.1) is 12.0 Å². The Hall–Kier alpha value is -3.48. The lowest BCUT2D eigenvalue weighted by Crippen LogP contribution is -2.01. The average molecular weight is 323 g/mol. The molecule has 0 unspecified atom stereocenters. The third kappa shape index (κ3) is 2.87. The van der Waals surface area contributed by atoms with Crippen LogP contribution in [0.3, 0.4) is 0 Å². The zero-order valence-electron chi connectivity index (χ0n) is 12.7. The molecule has 0 atom stereocenters. The fourth-order valence-electron chi connectivity index (χ4n) is 2.31. The lowest BCUT2D eigenvalue weighted by Gasteiger charge is -2.07. The number of aromatic nitrogens is 2. The molecule has 0 radical (unpaired) electrons. The molecule has 0 aliphatic heterocycles. The summed E-state index contributed by atoms with van der Waals surface area (Å²) in [4.78, 5) is 26.5. The van der Waals surface area contributed by atoms with Gasteiger partial charge in [0.25, 0.3) is 5.69 Å². The van der Waals surface area contributed by atoms with Crippen molar-refractivity contribution in [1.82, 2.24) is 9.55 Å². The van der Waals surface area contributed by atoms with Crippen LogP contribution in [0.2, 0.25) is 0 Å². The third-order valence-electron chi connectivity index (χ3n) is 3.47. The Labute approximate surface area is 137 Å². The van der Waals surface area contributed by atoms with Gasteiger partial charge in [-0.25, -0.2) is 9.78 Å². The first-order chi connectivity index (χ1) is 11.6. The summed E-state index contributed by atoms with van der Waals surface area (Å²) in [6, 6.07) is 15.4. The van der Waals surface area contributed by atoms with Crippen LogP contribution in [0.1, 0.15) is 10.5 Å². The molecule has 0 saturated carbocycles. The van der Waals surface area contributed by atoms with Crippen LogP contribution in [0.25, 0.3) is 17.1 Å². The number of ether oxygens (including phenoxy) is 1. The van der Waals surface area contributed by atoms with Gasteiger partial charge in [-0.05, 0) is 12.1 Å². The van der Waals surface area contributed by atoms with Crippen molar-refractivity contribution in [3.8, 4) is 17.1 Å². The van der Waals surface area contributed by atoms with Gasteiger partial charge in [-0.2, -0.15) is 0 Å². The minimum Gasteiger partial charge on any atom is -0.464 e. The van der Waals surface area contributed by atoms with Crippen LogP contribution in [0.15, 0.2) is 60.8 Å². The number of nitro benzene ring substituents is 1. The van der Waals surface area contributed by atoms with E-state index in [2.05, 4.69) is 4.98 Å². The van der Waals surface area contributed by atoms with Crippen LogP contribution in [-0.2, 0) is 4.74 Å². The predicted molar refractivity (Wildman–Crippen MR) is 87.0 cm³/mol. The summed E-state index contributed by atoms with van der Waals surface area (Å²) in [6.07, 6.45) is 1.55. The first-order valence-electron chi connectivity index (χ1n) is 7.08. The number of nitrogens with zero attached hydrogens (tertiary/aromatic N) is 3. The highest BCUT2D eigenvalue weighted by Crippen LogP contribution is 2.24. The van der Waals surface area contributed by atoms with Gasteiger partial charge in [0.2, 0.25) is 0 Å². The second-order valence-electron chi connectivity index (χ2n) is 4.95. The number of benzene rings is 2. The summed E-state index contributed by atoms with van der Waals surface area (Å²) < 4.78 is 6.42. The highest BCUT2D eigenvalue weighted by Gasteiger charge is 2.17. The molecule has 0 aliphatic carbocycles. The number of imidazole rings is 1. The van der Waals surface area contributed by atoms with Gasteiger partial charge in [-0.15, -0.1) is 0 Å². The largest absolute Gasteiger partial charge is 0.464 e. The molecule has 3 rings (SSSR count). The predicted octanol–water partition coefficient (Wildman–Crippen LogP) is 3.23. The van der Waals surface area contributed by atoms with Gasteiger partial charge in [-0.3, -0.25) is 14.7 Å². The van der Waals surface area contributed by atoms with Crippen LogP contribution in [0.5, 0.6) is 0 Å². The Bertz CT molecular complexity index is 886. The molecule has 24 heavy (non-hydrogen) atoms. The van der Waals surface area contributed by atoms with E-state index in [4.69, 9.17) is 4.74 Å². The zero-order valence-corrected chi connectivity index (χ0v) is 12.7. The van der Waals surface area contributed by atoms with E-state index in [1.165, 1.54) is 19.2 Å². The standard InChI is InChI=1S/C17H13N3O4/c1-24-17(21)15-11-19(13-7-9-14(10-8-13)20(22)23)16(18-15)12-5-3-2-4-6-12/h2-11H,1H3. The maximum Gasteiger partial charge on any atom is 0.358 e. The molecule has 120 valence electrons. The Morgan fingerprint density at radius 2 is 1.79 bits per heavy atom. The Morgan fingerprint density at radius 3 is 2.38 bits per heavy atom. The molecule has 0 bridgehead atoms. The van der Waals surface area contributed by atoms with E-state index in [1.54, 1.807) is 22.9 Å². The Balaban J connectivity index is 2.13. The van der Waals surface area contributed by atoms with Crippen LogP contribution < -0.4 is 0 Å². The number of non-ortho nitro benzene ring substituents is 1. The first kappa shape index (κ1) is 15.4. The van der Waals surface area contributed by atoms with Crippen LogP contribution in [-0.4, -0.2) is 27.6 Å². The molecule has 2 aromatic carbocycles. The van der Waals surface area contributed by atoms with Gasteiger partial charge in [0, 0.05) is 29.6 Å². The maximum atomic E-state index is 11.8. The van der Waals surface area contributed by atoms with E-state index in [9.17, 15) is 14.9 Å². The number of nitro groups is 1. The van der Waals surface area contributed by atoms with E-state index < -0.39 is 10.9 Å². The number of methoxy groups -OCH3 is 1. The molecule has 7 heteroatoms. The minimum atomic E-state index is -0.548. The van der Waals surface area contributed by atoms with Crippen LogP contribution in [0, 0.1) is 10.1 Å². The Kier molecular flexibility index (Phi) is 4.07. The first-order valence-corrected chi connectivity index (χ1v) is 7.08. The fraction of sp³-hybridized carbons (Fsp3) is 0.0588. The SMILES string of the molecule is COC(=O)c1cn(-c2ccc([N+](=O)[O-])cc2)c(-c2ccccc2)n1. The molecular weight excluding hydrogens is 310 g/mol. The summed E-state index contributed by atoms with van der Waals surface area (Å²) in [7, 11) is 1.29. The minimum absolute atomic E-state index is 0.00619. The van der Waals surface area contributed by atoms with Gasteiger partial charge in [-0.1, -0.05) is 30.3 Å². The molecule has 3 aromatic rings. The molecule has 1 heterocycles. The van der Waals surface area contributed by atoms with Crippen molar-refractivity contribution in [2.45, 2.75) is 0 Å². The van der Waals surface area contributed by atoms with Crippen LogP contribution in [0.4, 0.5) is 5.69 Å². The molecule has 0 fully saturated rings. The number of rotatable bonds is 4. The van der Waals surface area contributed by atoms with Crippen molar-refractivity contribution in [2.75, 3.05) is 7.11 Å². The number of hydrogen-bond acceptors (Lipinski definition) is 5. The molecule has 7 nitrogen and oxygen atoms in total. The normalized spacial score (nSPS) is 10.4. The number of carbonyl (C=O) groups excluding carboxylic acids is 1.